The van der Waals surface area contributed by atoms with E-state index < -0.39 is 0 Å². The highest BCUT2D eigenvalue weighted by molar-refractivity contribution is 6.30. The van der Waals surface area contributed by atoms with E-state index in [-0.39, 0.29) is 17.6 Å². The van der Waals surface area contributed by atoms with E-state index in [1.54, 1.807) is 0 Å². The monoisotopic (exact) mass is 308 g/mol. The Morgan fingerprint density at radius 1 is 1.38 bits per heavy atom. The van der Waals surface area contributed by atoms with Crippen LogP contribution in [0.2, 0.25) is 5.02 Å². The van der Waals surface area contributed by atoms with Gasteiger partial charge in [0.05, 0.1) is 0 Å². The van der Waals surface area contributed by atoms with E-state index in [9.17, 15) is 4.79 Å². The van der Waals surface area contributed by atoms with Gasteiger partial charge in [-0.3, -0.25) is 10.1 Å². The third-order valence-electron chi connectivity index (χ3n) is 4.22. The van der Waals surface area contributed by atoms with Crippen LogP contribution in [-0.2, 0) is 9.53 Å². The molecule has 1 aromatic rings. The van der Waals surface area contributed by atoms with Gasteiger partial charge in [-0.1, -0.05) is 23.7 Å². The minimum Gasteiger partial charge on any atom is -0.382 e. The second-order valence-electron chi connectivity index (χ2n) is 5.73. The fraction of sp³-hybridized carbons (Fsp3) is 0.562. The fourth-order valence-electron chi connectivity index (χ4n) is 2.90. The summed E-state index contributed by atoms with van der Waals surface area (Å²) >= 11 is 5.95. The van der Waals surface area contributed by atoms with Gasteiger partial charge in [-0.05, 0) is 43.9 Å². The molecule has 21 heavy (non-hydrogen) atoms. The predicted molar refractivity (Wildman–Crippen MR) is 82.1 cm³/mol. The highest BCUT2D eigenvalue weighted by Gasteiger charge is 2.59. The molecule has 3 rings (SSSR count). The van der Waals surface area contributed by atoms with Gasteiger partial charge in [0, 0.05) is 24.8 Å². The van der Waals surface area contributed by atoms with Crippen molar-refractivity contribution < 1.29 is 9.53 Å². The first-order valence-electron chi connectivity index (χ1n) is 7.58. The Morgan fingerprint density at radius 3 is 2.71 bits per heavy atom. The number of hydrogen-bond acceptors (Lipinski definition) is 3. The number of carbonyl (C=O) groups is 1. The molecular weight excluding hydrogens is 288 g/mol. The van der Waals surface area contributed by atoms with E-state index in [4.69, 9.17) is 16.3 Å². The first-order valence-corrected chi connectivity index (χ1v) is 7.96. The van der Waals surface area contributed by atoms with Crippen molar-refractivity contribution in [1.82, 2.24) is 10.2 Å². The maximum atomic E-state index is 12.6. The minimum atomic E-state index is -0.296. The van der Waals surface area contributed by atoms with Crippen molar-refractivity contribution in [3.8, 4) is 0 Å². The number of halogens is 1. The quantitative estimate of drug-likeness (QED) is 0.822. The van der Waals surface area contributed by atoms with Gasteiger partial charge in [-0.15, -0.1) is 0 Å². The van der Waals surface area contributed by atoms with E-state index in [2.05, 4.69) is 5.32 Å². The Hall–Kier alpha value is -1.10. The average Bonchev–Trinajstić information content (AvgIpc) is 3.21. The largest absolute Gasteiger partial charge is 0.382 e. The molecule has 0 bridgehead atoms. The lowest BCUT2D eigenvalue weighted by Crippen LogP contribution is -2.33. The molecule has 114 valence electrons. The van der Waals surface area contributed by atoms with Crippen molar-refractivity contribution in [2.75, 3.05) is 19.8 Å². The van der Waals surface area contributed by atoms with Gasteiger partial charge in [-0.2, -0.15) is 0 Å². The zero-order valence-corrected chi connectivity index (χ0v) is 13.0. The second kappa shape index (κ2) is 5.95. The van der Waals surface area contributed by atoms with Gasteiger partial charge < -0.3 is 9.64 Å². The summed E-state index contributed by atoms with van der Waals surface area (Å²) in [5, 5.41) is 4.23. The Bertz CT molecular complexity index is 514. The SMILES string of the molecule is CCOCCCN1C(=O)C2(CC2)NC1c1ccc(Cl)cc1. The first-order chi connectivity index (χ1) is 10.2. The van der Waals surface area contributed by atoms with E-state index in [1.165, 1.54) is 0 Å². The van der Waals surface area contributed by atoms with Crippen LogP contribution in [0.25, 0.3) is 0 Å². The molecule has 1 saturated carbocycles. The van der Waals surface area contributed by atoms with Crippen LogP contribution in [0.15, 0.2) is 24.3 Å². The number of rotatable bonds is 6. The highest BCUT2D eigenvalue weighted by Crippen LogP contribution is 2.45. The summed E-state index contributed by atoms with van der Waals surface area (Å²) in [6.45, 7) is 4.12. The Balaban J connectivity index is 1.73. The van der Waals surface area contributed by atoms with Crippen LogP contribution in [0.3, 0.4) is 0 Å². The molecule has 2 fully saturated rings. The van der Waals surface area contributed by atoms with E-state index >= 15 is 0 Å². The summed E-state index contributed by atoms with van der Waals surface area (Å²) in [6, 6.07) is 7.73. The van der Waals surface area contributed by atoms with Gasteiger partial charge >= 0.3 is 0 Å². The topological polar surface area (TPSA) is 41.6 Å². The molecule has 1 spiro atoms. The maximum Gasteiger partial charge on any atom is 0.244 e. The number of nitrogens with zero attached hydrogens (tertiary/aromatic N) is 1. The molecule has 5 heteroatoms. The number of ether oxygens (including phenoxy) is 1. The predicted octanol–water partition coefficient (Wildman–Crippen LogP) is 2.73. The van der Waals surface area contributed by atoms with Crippen molar-refractivity contribution in [2.45, 2.75) is 37.9 Å². The van der Waals surface area contributed by atoms with E-state index in [0.717, 1.165) is 38.0 Å². The normalized spacial score (nSPS) is 23.0. The van der Waals surface area contributed by atoms with Crippen LogP contribution in [-0.4, -0.2) is 36.1 Å². The lowest BCUT2D eigenvalue weighted by Gasteiger charge is -2.24. The van der Waals surface area contributed by atoms with Crippen LogP contribution in [0.1, 0.15) is 37.9 Å². The van der Waals surface area contributed by atoms with Crippen molar-refractivity contribution in [1.29, 1.82) is 0 Å². The molecule has 1 atom stereocenters. The number of nitrogens with one attached hydrogen (secondary N) is 1. The average molecular weight is 309 g/mol. The fourth-order valence-corrected chi connectivity index (χ4v) is 3.02. The Kier molecular flexibility index (Phi) is 4.20. The van der Waals surface area contributed by atoms with Gasteiger partial charge in [0.25, 0.3) is 0 Å². The number of carbonyl (C=O) groups excluding carboxylic acids is 1. The molecule has 4 nitrogen and oxygen atoms in total. The molecule has 0 radical (unpaired) electrons. The lowest BCUT2D eigenvalue weighted by molar-refractivity contribution is -0.131. The summed E-state index contributed by atoms with van der Waals surface area (Å²) in [5.41, 5.74) is 0.795. The van der Waals surface area contributed by atoms with Crippen LogP contribution < -0.4 is 5.32 Å². The Labute approximate surface area is 130 Å². The van der Waals surface area contributed by atoms with Gasteiger partial charge in [0.15, 0.2) is 0 Å². The summed E-state index contributed by atoms with van der Waals surface area (Å²) in [5.74, 6) is 0.235. The first kappa shape index (κ1) is 14.8. The second-order valence-corrected chi connectivity index (χ2v) is 6.17. The number of amides is 1. The number of hydrogen-bond donors (Lipinski definition) is 1. The van der Waals surface area contributed by atoms with E-state index in [0.29, 0.717) is 11.6 Å². The van der Waals surface area contributed by atoms with Crippen LogP contribution in [0.4, 0.5) is 0 Å². The highest BCUT2D eigenvalue weighted by atomic mass is 35.5. The third-order valence-corrected chi connectivity index (χ3v) is 4.47. The zero-order chi connectivity index (χ0) is 14.9. The molecule has 1 saturated heterocycles. The van der Waals surface area contributed by atoms with Crippen LogP contribution in [0, 0.1) is 0 Å². The minimum absolute atomic E-state index is 0.0427. The summed E-state index contributed by atoms with van der Waals surface area (Å²) in [4.78, 5) is 14.6. The maximum absolute atomic E-state index is 12.6. The van der Waals surface area contributed by atoms with E-state index in [1.807, 2.05) is 36.1 Å². The Morgan fingerprint density at radius 2 is 2.10 bits per heavy atom. The van der Waals surface area contributed by atoms with Gasteiger partial charge in [0.1, 0.15) is 11.7 Å². The standard InChI is InChI=1S/C16H21ClN2O2/c1-2-21-11-3-10-19-14(12-4-6-13(17)7-5-12)18-16(8-9-16)15(19)20/h4-7,14,18H,2-3,8-11H2,1H3. The molecule has 1 aliphatic heterocycles. The molecule has 2 aliphatic rings. The summed E-state index contributed by atoms with van der Waals surface area (Å²) < 4.78 is 5.38. The molecule has 1 aromatic carbocycles. The van der Waals surface area contributed by atoms with Crippen molar-refractivity contribution >= 4 is 17.5 Å². The lowest BCUT2D eigenvalue weighted by atomic mass is 10.1. The van der Waals surface area contributed by atoms with Crippen molar-refractivity contribution in [3.05, 3.63) is 34.9 Å². The third kappa shape index (κ3) is 2.93. The molecule has 1 aliphatic carbocycles. The molecular formula is C16H21ClN2O2. The summed E-state index contributed by atoms with van der Waals surface area (Å²) in [7, 11) is 0. The number of benzene rings is 1. The molecule has 1 N–H and O–H groups in total. The smallest absolute Gasteiger partial charge is 0.244 e. The molecule has 1 unspecified atom stereocenters. The van der Waals surface area contributed by atoms with Crippen molar-refractivity contribution in [3.63, 3.8) is 0 Å². The van der Waals surface area contributed by atoms with Crippen LogP contribution in [0.5, 0.6) is 0 Å². The van der Waals surface area contributed by atoms with Crippen molar-refractivity contribution in [2.24, 2.45) is 0 Å². The van der Waals surface area contributed by atoms with Gasteiger partial charge in [-0.25, -0.2) is 0 Å². The van der Waals surface area contributed by atoms with Gasteiger partial charge in [0.2, 0.25) is 5.91 Å². The summed E-state index contributed by atoms with van der Waals surface area (Å²) in [6.07, 6.45) is 2.70. The molecule has 1 heterocycles. The molecule has 0 aromatic heterocycles. The van der Waals surface area contributed by atoms with Crippen LogP contribution >= 0.6 is 11.6 Å². The molecule has 1 amide bonds. The zero-order valence-electron chi connectivity index (χ0n) is 12.3.